The molecule has 2 aromatic rings. The van der Waals surface area contributed by atoms with E-state index < -0.39 is 24.7 Å². The van der Waals surface area contributed by atoms with E-state index in [-0.39, 0.29) is 18.7 Å². The van der Waals surface area contributed by atoms with Gasteiger partial charge in [-0.2, -0.15) is 0 Å². The molecular weight excluding hydrogens is 597 g/mol. The molecule has 17 heteroatoms. The minimum atomic E-state index is -1.67. The first-order valence-corrected chi connectivity index (χ1v) is 12.7. The number of carbonyl (C=O) groups is 2. The first kappa shape index (κ1) is 34.3. The Kier molecular flexibility index (Phi) is 21.8. The normalized spacial score (nSPS) is 8.94. The molecule has 34 heavy (non-hydrogen) atoms. The predicted octanol–water partition coefficient (Wildman–Crippen LogP) is 8.10. The van der Waals surface area contributed by atoms with Gasteiger partial charge in [-0.15, -0.1) is 0 Å². The lowest BCUT2D eigenvalue weighted by Crippen LogP contribution is -2.00. The summed E-state index contributed by atoms with van der Waals surface area (Å²) in [6.45, 7) is 0.212. The fraction of sp³-hybridized carbons (Fsp3) is 0.176. The van der Waals surface area contributed by atoms with Gasteiger partial charge < -0.3 is 5.11 Å². The molecule has 0 aliphatic rings. The lowest BCUT2D eigenvalue weighted by Gasteiger charge is -2.00. The van der Waals surface area contributed by atoms with Crippen molar-refractivity contribution in [1.82, 2.24) is 0 Å². The molecule has 0 fully saturated rings. The van der Waals surface area contributed by atoms with E-state index in [0.29, 0.717) is 16.7 Å². The van der Waals surface area contributed by atoms with Crippen molar-refractivity contribution in [3.05, 3.63) is 91.7 Å². The van der Waals surface area contributed by atoms with Gasteiger partial charge in [0.15, 0.2) is 4.30 Å². The monoisotopic (exact) mass is 608 g/mol. The topological polar surface area (TPSA) is 169 Å². The van der Waals surface area contributed by atoms with Crippen molar-refractivity contribution in [3.63, 3.8) is 0 Å². The maximum Gasteiger partial charge on any atom is 0.335 e. The quantitative estimate of drug-likeness (QED) is 0.115. The molecule has 0 aromatic heterocycles. The van der Waals surface area contributed by atoms with Crippen LogP contribution >= 0.6 is 67.8 Å². The standard InChI is InChI=1S/C8H6ClN3O.C8H7N3O2.CHCl3.Cl2OS/c9-8(13)7-4-2-1-3-6(7)5-11-12-10;9-11-10-5-6-3-1-2-4-7(6)8(12)13;2-1(3)4;1-4(2)3/h1-4H,5H2;1-4H,5H2,(H,12,13);1H;. The van der Waals surface area contributed by atoms with Crippen molar-refractivity contribution in [2.75, 3.05) is 0 Å². The zero-order valence-electron chi connectivity index (χ0n) is 16.6. The first-order chi connectivity index (χ1) is 16.0. The minimum Gasteiger partial charge on any atom is -0.478 e. The summed E-state index contributed by atoms with van der Waals surface area (Å²) in [6.07, 6.45) is 0. The Morgan fingerprint density at radius 1 is 0.882 bits per heavy atom. The van der Waals surface area contributed by atoms with Crippen molar-refractivity contribution in [2.45, 2.75) is 17.4 Å². The van der Waals surface area contributed by atoms with Crippen LogP contribution in [0.1, 0.15) is 31.8 Å². The molecule has 0 heterocycles. The van der Waals surface area contributed by atoms with E-state index in [9.17, 15) is 9.59 Å². The van der Waals surface area contributed by atoms with Gasteiger partial charge in [-0.3, -0.25) is 4.79 Å². The molecule has 0 saturated carbocycles. The molecule has 0 unspecified atom stereocenters. The van der Waals surface area contributed by atoms with Gasteiger partial charge in [0.25, 0.3) is 5.24 Å². The molecule has 0 radical (unpaired) electrons. The van der Waals surface area contributed by atoms with Crippen LogP contribution in [0.2, 0.25) is 0 Å². The van der Waals surface area contributed by atoms with Crippen LogP contribution in [-0.2, 0) is 22.3 Å². The highest BCUT2D eigenvalue weighted by Gasteiger charge is 2.07. The van der Waals surface area contributed by atoms with Gasteiger partial charge in [-0.05, 0) is 45.9 Å². The molecule has 184 valence electrons. The van der Waals surface area contributed by atoms with Gasteiger partial charge in [-0.1, -0.05) is 81.4 Å². The highest BCUT2D eigenvalue weighted by molar-refractivity contribution is 8.26. The maximum atomic E-state index is 10.9. The Balaban J connectivity index is 0. The lowest BCUT2D eigenvalue weighted by molar-refractivity contribution is 0.0695. The van der Waals surface area contributed by atoms with Crippen LogP contribution in [0, 0.1) is 0 Å². The Hall–Kier alpha value is -1.91. The van der Waals surface area contributed by atoms with E-state index in [0.717, 1.165) is 0 Å². The summed E-state index contributed by atoms with van der Waals surface area (Å²) in [5.74, 6) is -1.01. The summed E-state index contributed by atoms with van der Waals surface area (Å²) in [6, 6.07) is 13.2. The number of rotatable bonds is 6. The Labute approximate surface area is 225 Å². The molecule has 0 bridgehead atoms. The summed E-state index contributed by atoms with van der Waals surface area (Å²) in [4.78, 5) is 26.7. The largest absolute Gasteiger partial charge is 0.478 e. The van der Waals surface area contributed by atoms with Gasteiger partial charge in [0.1, 0.15) is 0 Å². The summed E-state index contributed by atoms with van der Waals surface area (Å²) in [7, 11) is 7.36. The smallest absolute Gasteiger partial charge is 0.335 e. The van der Waals surface area contributed by atoms with Gasteiger partial charge in [0.2, 0.25) is 9.23 Å². The average Bonchev–Trinajstić information content (AvgIpc) is 2.76. The third-order valence-electron chi connectivity index (χ3n) is 3.09. The SMILES string of the molecule is ClC(Cl)Cl.O=S(Cl)Cl.[N-]=[N+]=NCc1ccccc1C(=O)Cl.[N-]=[N+]=NCc1ccccc1C(=O)O. The highest BCUT2D eigenvalue weighted by atomic mass is 36.0. The summed E-state index contributed by atoms with van der Waals surface area (Å²) in [5, 5.41) is 14.8. The number of halogens is 6. The van der Waals surface area contributed by atoms with E-state index in [2.05, 4.69) is 41.4 Å². The third-order valence-corrected chi connectivity index (χ3v) is 3.29. The van der Waals surface area contributed by atoms with Crippen LogP contribution < -0.4 is 0 Å². The van der Waals surface area contributed by atoms with E-state index in [4.69, 9.17) is 66.8 Å². The Bertz CT molecular complexity index is 968. The van der Waals surface area contributed by atoms with Crippen LogP contribution in [0.15, 0.2) is 58.8 Å². The highest BCUT2D eigenvalue weighted by Crippen LogP contribution is 2.12. The molecule has 1 N–H and O–H groups in total. The number of carboxylic acids is 1. The number of azide groups is 2. The fourth-order valence-corrected chi connectivity index (χ4v) is 2.12. The molecule has 0 spiro atoms. The second kappa shape index (κ2) is 21.6. The van der Waals surface area contributed by atoms with Crippen molar-refractivity contribution < 1.29 is 18.9 Å². The number of hydrogen-bond acceptors (Lipinski definition) is 5. The zero-order valence-corrected chi connectivity index (χ0v) is 22.0. The Morgan fingerprint density at radius 3 is 1.53 bits per heavy atom. The van der Waals surface area contributed by atoms with E-state index in [1.165, 1.54) is 6.07 Å². The number of hydrogen-bond donors (Lipinski definition) is 1. The van der Waals surface area contributed by atoms with Gasteiger partial charge in [0, 0.05) is 36.8 Å². The molecule has 0 aliphatic carbocycles. The summed E-state index contributed by atoms with van der Waals surface area (Å²) >= 11 is 19.7. The molecule has 2 rings (SSSR count). The maximum absolute atomic E-state index is 10.9. The second-order valence-corrected chi connectivity index (χ2v) is 9.95. The van der Waals surface area contributed by atoms with Crippen molar-refractivity contribution in [1.29, 1.82) is 0 Å². The molecule has 0 saturated heterocycles. The van der Waals surface area contributed by atoms with E-state index in [1.54, 1.807) is 42.5 Å². The first-order valence-electron chi connectivity index (χ1n) is 8.25. The van der Waals surface area contributed by atoms with Crippen molar-refractivity contribution in [3.8, 4) is 0 Å². The number of nitrogens with zero attached hydrogens (tertiary/aromatic N) is 6. The number of carboxylic acid groups (broad SMARTS) is 1. The molecule has 2 aromatic carbocycles. The van der Waals surface area contributed by atoms with Crippen LogP contribution in [0.5, 0.6) is 0 Å². The van der Waals surface area contributed by atoms with E-state index in [1.807, 2.05) is 0 Å². The van der Waals surface area contributed by atoms with Crippen LogP contribution in [0.25, 0.3) is 20.9 Å². The van der Waals surface area contributed by atoms with Crippen molar-refractivity contribution >= 4 is 88.2 Å². The molecular formula is C17H14Cl6N6O4S. The number of aromatic carboxylic acids is 1. The van der Waals surface area contributed by atoms with Gasteiger partial charge in [-0.25, -0.2) is 9.00 Å². The average molecular weight is 611 g/mol. The minimum absolute atomic E-state index is 0.0684. The third kappa shape index (κ3) is 19.5. The summed E-state index contributed by atoms with van der Waals surface area (Å²) in [5.41, 5.74) is 17.9. The number of alkyl halides is 3. The fourth-order valence-electron chi connectivity index (χ4n) is 1.93. The number of benzene rings is 2. The molecule has 10 nitrogen and oxygen atoms in total. The second-order valence-electron chi connectivity index (χ2n) is 5.10. The van der Waals surface area contributed by atoms with Gasteiger partial charge in [0.05, 0.1) is 18.7 Å². The molecule has 0 aliphatic heterocycles. The number of carbonyl (C=O) groups excluding carboxylic acids is 1. The van der Waals surface area contributed by atoms with Crippen LogP contribution in [-0.4, -0.2) is 24.8 Å². The summed E-state index contributed by atoms with van der Waals surface area (Å²) < 4.78 is 8.34. The lowest BCUT2D eigenvalue weighted by atomic mass is 10.1. The molecule has 0 amide bonds. The molecule has 0 atom stereocenters. The zero-order chi connectivity index (χ0) is 26.5. The van der Waals surface area contributed by atoms with Crippen LogP contribution in [0.3, 0.4) is 0 Å². The Morgan fingerprint density at radius 2 is 1.21 bits per heavy atom. The van der Waals surface area contributed by atoms with E-state index >= 15 is 0 Å². The van der Waals surface area contributed by atoms with Crippen molar-refractivity contribution in [2.24, 2.45) is 10.2 Å². The van der Waals surface area contributed by atoms with Gasteiger partial charge >= 0.3 is 5.97 Å². The van der Waals surface area contributed by atoms with Crippen LogP contribution in [0.4, 0.5) is 0 Å². The predicted molar refractivity (Wildman–Crippen MR) is 137 cm³/mol.